The van der Waals surface area contributed by atoms with Gasteiger partial charge in [0.1, 0.15) is 5.75 Å². The molecule has 0 radical (unpaired) electrons. The van der Waals surface area contributed by atoms with Gasteiger partial charge in [-0.1, -0.05) is 12.1 Å². The summed E-state index contributed by atoms with van der Waals surface area (Å²) in [5.74, 6) is 2.03. The molecule has 0 aliphatic carbocycles. The average molecular weight is 270 g/mol. The molecule has 96 valence electrons. The number of hydrogen-bond donors (Lipinski definition) is 0. The topological polar surface area (TPSA) is 13.1 Å². The normalized spacial score (nSPS) is 16.2. The summed E-state index contributed by atoms with van der Waals surface area (Å²) in [5.41, 5.74) is 2.51. The number of thioether (sulfide) groups is 1. The number of fused-ring (bicyclic) bond motifs is 1. The third kappa shape index (κ3) is 2.66. The monoisotopic (exact) mass is 270 g/mol. The largest absolute Gasteiger partial charge is 0.497 e. The number of nitrogens with zero attached hydrogens (tertiary/aromatic N) is 1. The molecule has 1 aliphatic rings. The quantitative estimate of drug-likeness (QED) is 0.777. The number of benzene rings is 1. The molecule has 0 spiro atoms. The van der Waals surface area contributed by atoms with Crippen LogP contribution in [-0.4, -0.2) is 12.9 Å². The van der Waals surface area contributed by atoms with E-state index < -0.39 is 0 Å². The van der Waals surface area contributed by atoms with Gasteiger partial charge >= 0.3 is 0 Å². The van der Waals surface area contributed by atoms with E-state index in [1.807, 2.05) is 23.9 Å². The summed E-state index contributed by atoms with van der Waals surface area (Å²) in [6.45, 7) is 1.08. The lowest BCUT2D eigenvalue weighted by Crippen LogP contribution is -2.40. The molecule has 0 bridgehead atoms. The van der Waals surface area contributed by atoms with Gasteiger partial charge in [0, 0.05) is 12.1 Å². The van der Waals surface area contributed by atoms with E-state index in [0.29, 0.717) is 0 Å². The lowest BCUT2D eigenvalue weighted by Gasteiger charge is -2.12. The van der Waals surface area contributed by atoms with E-state index in [0.717, 1.165) is 18.0 Å². The van der Waals surface area contributed by atoms with E-state index in [2.05, 4.69) is 47.2 Å². The fourth-order valence-corrected chi connectivity index (χ4v) is 3.25. The van der Waals surface area contributed by atoms with Crippen LogP contribution in [-0.2, 0) is 6.54 Å². The van der Waals surface area contributed by atoms with Crippen molar-refractivity contribution in [3.63, 3.8) is 0 Å². The first-order valence-corrected chi connectivity index (χ1v) is 7.33. The van der Waals surface area contributed by atoms with Crippen LogP contribution < -0.4 is 9.30 Å². The molecule has 0 unspecified atom stereocenters. The van der Waals surface area contributed by atoms with Crippen LogP contribution in [0.1, 0.15) is 11.3 Å². The van der Waals surface area contributed by atoms with Crippen LogP contribution in [0.3, 0.4) is 0 Å². The molecule has 0 fully saturated rings. The van der Waals surface area contributed by atoms with Gasteiger partial charge in [-0.15, -0.1) is 11.8 Å². The van der Waals surface area contributed by atoms with Crippen molar-refractivity contribution in [2.24, 2.45) is 0 Å². The molecule has 0 saturated heterocycles. The Labute approximate surface area is 117 Å². The first kappa shape index (κ1) is 12.3. The molecule has 0 amide bonds. The smallest absolute Gasteiger partial charge is 0.218 e. The van der Waals surface area contributed by atoms with Crippen LogP contribution in [0.4, 0.5) is 0 Å². The van der Waals surface area contributed by atoms with Gasteiger partial charge < -0.3 is 4.74 Å². The summed E-state index contributed by atoms with van der Waals surface area (Å²) < 4.78 is 7.50. The molecule has 19 heavy (non-hydrogen) atoms. The van der Waals surface area contributed by atoms with Gasteiger partial charge in [-0.3, -0.25) is 0 Å². The molecule has 2 aromatic rings. The zero-order valence-corrected chi connectivity index (χ0v) is 11.7. The van der Waals surface area contributed by atoms with Crippen molar-refractivity contribution >= 4 is 22.7 Å². The van der Waals surface area contributed by atoms with Crippen LogP contribution >= 0.6 is 11.8 Å². The van der Waals surface area contributed by atoms with Crippen LogP contribution in [0.5, 0.6) is 5.75 Å². The third-order valence-corrected chi connectivity index (χ3v) is 4.22. The molecule has 0 atom stereocenters. The Morgan fingerprint density at radius 1 is 1.16 bits per heavy atom. The maximum Gasteiger partial charge on any atom is 0.218 e. The maximum atomic E-state index is 5.19. The molecule has 3 heteroatoms. The molecule has 2 nitrogen and oxygen atoms in total. The van der Waals surface area contributed by atoms with Gasteiger partial charge in [-0.25, -0.2) is 0 Å². The number of methoxy groups -OCH3 is 1. The fraction of sp³-hybridized carbons (Fsp3) is 0.188. The zero-order valence-electron chi connectivity index (χ0n) is 10.9. The number of hydrogen-bond acceptors (Lipinski definition) is 2. The Kier molecular flexibility index (Phi) is 3.56. The van der Waals surface area contributed by atoms with Gasteiger partial charge in [0.05, 0.1) is 17.8 Å². The number of ether oxygens (including phenoxy) is 1. The predicted octanol–water partition coefficient (Wildman–Crippen LogP) is 3.23. The summed E-state index contributed by atoms with van der Waals surface area (Å²) in [6.07, 6.45) is 4.39. The van der Waals surface area contributed by atoms with Crippen LogP contribution in [0.25, 0.3) is 11.0 Å². The lowest BCUT2D eigenvalue weighted by atomic mass is 10.2. The van der Waals surface area contributed by atoms with E-state index in [4.69, 9.17) is 4.74 Å². The Morgan fingerprint density at radius 3 is 2.79 bits per heavy atom. The summed E-state index contributed by atoms with van der Waals surface area (Å²) in [6, 6.07) is 14.5. The predicted molar refractivity (Wildman–Crippen MR) is 80.0 cm³/mol. The highest BCUT2D eigenvalue weighted by Gasteiger charge is 2.20. The van der Waals surface area contributed by atoms with Gasteiger partial charge in [0.2, 0.25) is 5.69 Å². The lowest BCUT2D eigenvalue weighted by molar-refractivity contribution is -0.695. The standard InChI is InChI=1S/C16H16NOS/c1-18-14-7-5-13(6-8-14)12-16-15-4-2-3-9-17(15)10-11-19-16/h2-9,12H,10-11H2,1H3/q+1. The first-order chi connectivity index (χ1) is 9.36. The van der Waals surface area contributed by atoms with E-state index in [1.165, 1.54) is 16.2 Å². The number of pyridine rings is 1. The second-order valence-electron chi connectivity index (χ2n) is 4.41. The Balaban J connectivity index is 1.95. The third-order valence-electron chi connectivity index (χ3n) is 3.20. The van der Waals surface area contributed by atoms with Crippen molar-refractivity contribution in [3.05, 3.63) is 59.9 Å². The average Bonchev–Trinajstić information content (AvgIpc) is 2.48. The van der Waals surface area contributed by atoms with Crippen molar-refractivity contribution in [1.82, 2.24) is 0 Å². The molecule has 0 saturated carbocycles. The van der Waals surface area contributed by atoms with E-state index >= 15 is 0 Å². The highest BCUT2D eigenvalue weighted by molar-refractivity contribution is 8.08. The summed E-state index contributed by atoms with van der Waals surface area (Å²) in [5, 5.41) is 0. The molecular formula is C16H16NOS+. The zero-order chi connectivity index (χ0) is 13.1. The van der Waals surface area contributed by atoms with E-state index in [1.54, 1.807) is 7.11 Å². The Morgan fingerprint density at radius 2 is 2.00 bits per heavy atom. The maximum absolute atomic E-state index is 5.19. The number of aryl methyl sites for hydroxylation is 1. The minimum absolute atomic E-state index is 0.897. The molecule has 3 rings (SSSR count). The van der Waals surface area contributed by atoms with Gasteiger partial charge in [0.25, 0.3) is 0 Å². The van der Waals surface area contributed by atoms with Gasteiger partial charge in [-0.05, 0) is 29.8 Å². The number of aromatic nitrogens is 1. The highest BCUT2D eigenvalue weighted by atomic mass is 32.2. The second-order valence-corrected chi connectivity index (χ2v) is 5.55. The molecule has 1 aliphatic heterocycles. The second kappa shape index (κ2) is 5.49. The van der Waals surface area contributed by atoms with Crippen LogP contribution in [0.2, 0.25) is 0 Å². The van der Waals surface area contributed by atoms with E-state index in [9.17, 15) is 0 Å². The van der Waals surface area contributed by atoms with Crippen molar-refractivity contribution < 1.29 is 9.30 Å². The molecule has 1 aromatic carbocycles. The molecule has 2 heterocycles. The summed E-state index contributed by atoms with van der Waals surface area (Å²) >= 11 is 1.92. The van der Waals surface area contributed by atoms with Crippen molar-refractivity contribution in [2.75, 3.05) is 12.9 Å². The van der Waals surface area contributed by atoms with Crippen LogP contribution in [0.15, 0.2) is 48.7 Å². The first-order valence-electron chi connectivity index (χ1n) is 6.34. The van der Waals surface area contributed by atoms with Crippen molar-refractivity contribution in [3.8, 4) is 5.75 Å². The van der Waals surface area contributed by atoms with Crippen molar-refractivity contribution in [2.45, 2.75) is 6.54 Å². The highest BCUT2D eigenvalue weighted by Crippen LogP contribution is 2.30. The van der Waals surface area contributed by atoms with Crippen molar-refractivity contribution in [1.29, 1.82) is 0 Å². The fourth-order valence-electron chi connectivity index (χ4n) is 2.19. The Bertz CT molecular complexity index is 604. The molecule has 0 N–H and O–H groups in total. The van der Waals surface area contributed by atoms with E-state index in [-0.39, 0.29) is 0 Å². The van der Waals surface area contributed by atoms with Gasteiger partial charge in [-0.2, -0.15) is 4.57 Å². The minimum atomic E-state index is 0.897. The minimum Gasteiger partial charge on any atom is -0.497 e. The SMILES string of the molecule is COc1ccc(C=C2SCC[n+]3ccccc32)cc1. The molecular weight excluding hydrogens is 254 g/mol. The summed E-state index contributed by atoms with van der Waals surface area (Å²) in [4.78, 5) is 1.33. The summed E-state index contributed by atoms with van der Waals surface area (Å²) in [7, 11) is 1.69. The van der Waals surface area contributed by atoms with Gasteiger partial charge in [0.15, 0.2) is 12.7 Å². The molecule has 1 aromatic heterocycles. The number of rotatable bonds is 2. The van der Waals surface area contributed by atoms with Crippen LogP contribution in [0, 0.1) is 0 Å². The Hall–Kier alpha value is -1.74.